The Morgan fingerprint density at radius 3 is 2.09 bits per heavy atom. The van der Waals surface area contributed by atoms with Crippen molar-refractivity contribution in [3.63, 3.8) is 0 Å². The van der Waals surface area contributed by atoms with E-state index in [9.17, 15) is 19.5 Å². The number of aromatic hydroxyl groups is 1. The van der Waals surface area contributed by atoms with Gasteiger partial charge in [0.15, 0.2) is 0 Å². The summed E-state index contributed by atoms with van der Waals surface area (Å²) in [4.78, 5) is 43.6. The largest absolute Gasteiger partial charge is 0.508 e. The molecule has 0 aliphatic rings. The molecule has 4 aromatic carbocycles. The van der Waals surface area contributed by atoms with E-state index in [-0.39, 0.29) is 12.2 Å². The Kier molecular flexibility index (Phi) is 10.1. The average molecular weight is 620 g/mol. The number of ether oxygens (including phenoxy) is 1. The van der Waals surface area contributed by atoms with Crippen LogP contribution in [-0.2, 0) is 20.7 Å². The van der Waals surface area contributed by atoms with Crippen LogP contribution in [0.1, 0.15) is 64.3 Å². The van der Waals surface area contributed by atoms with Gasteiger partial charge in [-0.1, -0.05) is 60.5 Å². The molecule has 0 aromatic heterocycles. The molecule has 238 valence electrons. The van der Waals surface area contributed by atoms with Gasteiger partial charge in [-0.05, 0) is 99.8 Å². The van der Waals surface area contributed by atoms with Crippen molar-refractivity contribution >= 4 is 34.4 Å². The van der Waals surface area contributed by atoms with E-state index in [1.54, 1.807) is 57.2 Å². The molecule has 0 saturated heterocycles. The summed E-state index contributed by atoms with van der Waals surface area (Å²) in [5.41, 5.74) is 0.736. The molecular formula is C38H41N3O5. The second-order valence-electron chi connectivity index (χ2n) is 13.2. The highest BCUT2D eigenvalue weighted by Crippen LogP contribution is 2.32. The van der Waals surface area contributed by atoms with E-state index >= 15 is 0 Å². The van der Waals surface area contributed by atoms with Crippen LogP contribution in [0.3, 0.4) is 0 Å². The number of nitrogens with zero attached hydrogens (tertiary/aromatic N) is 1. The van der Waals surface area contributed by atoms with Crippen LogP contribution in [0.5, 0.6) is 5.75 Å². The predicted molar refractivity (Wildman–Crippen MR) is 181 cm³/mol. The number of amides is 3. The molecule has 0 heterocycles. The molecule has 8 nitrogen and oxygen atoms in total. The molecule has 0 aliphatic heterocycles. The van der Waals surface area contributed by atoms with Gasteiger partial charge in [0.25, 0.3) is 5.91 Å². The second kappa shape index (κ2) is 13.8. The Morgan fingerprint density at radius 1 is 0.870 bits per heavy atom. The third-order valence-corrected chi connectivity index (χ3v) is 7.24. The first-order chi connectivity index (χ1) is 21.6. The smallest absolute Gasteiger partial charge is 0.408 e. The summed E-state index contributed by atoms with van der Waals surface area (Å²) in [5, 5.41) is 17.6. The number of carbonyl (C=O) groups is 3. The molecule has 4 rings (SSSR count). The van der Waals surface area contributed by atoms with Gasteiger partial charge in [0.05, 0.1) is 0 Å². The van der Waals surface area contributed by atoms with Gasteiger partial charge in [-0.2, -0.15) is 0 Å². The van der Waals surface area contributed by atoms with E-state index in [0.717, 1.165) is 10.8 Å². The SMILES string of the molecule is C#Cc1ccc(C(C(=O)Nc2ccc3ccccc3c2)N(C(=O)C(Cc2ccc(O)cc2)NC(=O)OC(C)(C)C)C(C)(C)C)cc1. The minimum atomic E-state index is -1.11. The summed E-state index contributed by atoms with van der Waals surface area (Å²) in [5.74, 6) is 1.73. The minimum Gasteiger partial charge on any atom is -0.508 e. The number of nitrogens with one attached hydrogen (secondary N) is 2. The van der Waals surface area contributed by atoms with Crippen LogP contribution in [0.25, 0.3) is 10.8 Å². The van der Waals surface area contributed by atoms with Crippen molar-refractivity contribution in [2.75, 3.05) is 5.32 Å². The molecule has 0 radical (unpaired) electrons. The van der Waals surface area contributed by atoms with Crippen molar-refractivity contribution in [1.82, 2.24) is 10.2 Å². The maximum atomic E-state index is 14.7. The maximum absolute atomic E-state index is 14.7. The monoisotopic (exact) mass is 619 g/mol. The minimum absolute atomic E-state index is 0.0730. The first-order valence-electron chi connectivity index (χ1n) is 15.1. The van der Waals surface area contributed by atoms with Crippen molar-refractivity contribution in [2.24, 2.45) is 0 Å². The zero-order valence-corrected chi connectivity index (χ0v) is 27.1. The van der Waals surface area contributed by atoms with E-state index in [4.69, 9.17) is 11.2 Å². The summed E-state index contributed by atoms with van der Waals surface area (Å²) in [7, 11) is 0. The maximum Gasteiger partial charge on any atom is 0.408 e. The Morgan fingerprint density at radius 2 is 1.50 bits per heavy atom. The summed E-state index contributed by atoms with van der Waals surface area (Å²) in [6, 6.07) is 24.5. The Balaban J connectivity index is 1.79. The van der Waals surface area contributed by atoms with Crippen LogP contribution in [0.2, 0.25) is 0 Å². The van der Waals surface area contributed by atoms with E-state index in [0.29, 0.717) is 22.4 Å². The molecule has 0 spiro atoms. The van der Waals surface area contributed by atoms with Crippen LogP contribution in [0, 0.1) is 12.3 Å². The second-order valence-corrected chi connectivity index (χ2v) is 13.2. The number of alkyl carbamates (subject to hydrolysis) is 1. The Bertz CT molecular complexity index is 1740. The fraction of sp³-hybridized carbons (Fsp3) is 0.289. The first-order valence-corrected chi connectivity index (χ1v) is 15.1. The van der Waals surface area contributed by atoms with Gasteiger partial charge >= 0.3 is 6.09 Å². The summed E-state index contributed by atoms with van der Waals surface area (Å²) in [6.07, 6.45) is 4.93. The number of fused-ring (bicyclic) bond motifs is 1. The lowest BCUT2D eigenvalue weighted by Crippen LogP contribution is -2.58. The Hall–Kier alpha value is -5.29. The highest BCUT2D eigenvalue weighted by molar-refractivity contribution is 6.00. The third kappa shape index (κ3) is 8.66. The molecule has 2 atom stereocenters. The lowest BCUT2D eigenvalue weighted by atomic mass is 9.93. The molecule has 4 aromatic rings. The highest BCUT2D eigenvalue weighted by atomic mass is 16.6. The van der Waals surface area contributed by atoms with Crippen molar-refractivity contribution in [2.45, 2.75) is 71.2 Å². The van der Waals surface area contributed by atoms with Crippen molar-refractivity contribution < 1.29 is 24.2 Å². The van der Waals surface area contributed by atoms with E-state index in [1.807, 2.05) is 63.2 Å². The highest BCUT2D eigenvalue weighted by Gasteiger charge is 2.42. The number of hydrogen-bond acceptors (Lipinski definition) is 5. The number of hydrogen-bond donors (Lipinski definition) is 3. The molecule has 0 bridgehead atoms. The molecule has 0 aliphatic carbocycles. The average Bonchev–Trinajstić information content (AvgIpc) is 2.98. The molecule has 2 unspecified atom stereocenters. The van der Waals surface area contributed by atoms with Crippen LogP contribution >= 0.6 is 0 Å². The molecule has 8 heteroatoms. The van der Waals surface area contributed by atoms with Gasteiger partial charge < -0.3 is 25.4 Å². The lowest BCUT2D eigenvalue weighted by molar-refractivity contribution is -0.146. The summed E-state index contributed by atoms with van der Waals surface area (Å²) >= 11 is 0. The van der Waals surface area contributed by atoms with E-state index in [1.165, 1.54) is 17.0 Å². The Labute approximate surface area is 270 Å². The number of benzene rings is 4. The molecular weight excluding hydrogens is 578 g/mol. The zero-order valence-electron chi connectivity index (χ0n) is 27.1. The lowest BCUT2D eigenvalue weighted by Gasteiger charge is -2.43. The normalized spacial score (nSPS) is 12.8. The first kappa shape index (κ1) is 33.6. The quantitative estimate of drug-likeness (QED) is 0.185. The predicted octanol–water partition coefficient (Wildman–Crippen LogP) is 6.97. The van der Waals surface area contributed by atoms with Gasteiger partial charge in [-0.3, -0.25) is 9.59 Å². The standard InChI is InChI=1S/C38H41N3O5/c1-8-25-13-17-28(18-14-25)33(34(43)39-30-20-19-27-11-9-10-12-29(27)24-30)41(37(2,3)4)35(44)32(40-36(45)46-38(5,6)7)23-26-15-21-31(42)22-16-26/h1,9-22,24,32-33,42H,23H2,2-7H3,(H,39,43)(H,40,45). The van der Waals surface area contributed by atoms with Crippen LogP contribution in [0.15, 0.2) is 91.0 Å². The third-order valence-electron chi connectivity index (χ3n) is 7.24. The van der Waals surface area contributed by atoms with Crippen LogP contribution in [0.4, 0.5) is 10.5 Å². The molecule has 3 amide bonds. The van der Waals surface area contributed by atoms with Gasteiger partial charge in [0, 0.05) is 23.2 Å². The van der Waals surface area contributed by atoms with Crippen LogP contribution < -0.4 is 10.6 Å². The molecule has 0 fully saturated rings. The fourth-order valence-electron chi connectivity index (χ4n) is 5.19. The van der Waals surface area contributed by atoms with Gasteiger partial charge in [0.1, 0.15) is 23.4 Å². The van der Waals surface area contributed by atoms with Crippen molar-refractivity contribution in [1.29, 1.82) is 0 Å². The number of carbonyl (C=O) groups excluding carboxylic acids is 3. The van der Waals surface area contributed by atoms with E-state index in [2.05, 4.69) is 16.6 Å². The van der Waals surface area contributed by atoms with Crippen LogP contribution in [-0.4, -0.2) is 45.1 Å². The number of rotatable bonds is 8. The summed E-state index contributed by atoms with van der Waals surface area (Å²) < 4.78 is 5.51. The fourth-order valence-corrected chi connectivity index (χ4v) is 5.19. The van der Waals surface area contributed by atoms with Gasteiger partial charge in [0.2, 0.25) is 5.91 Å². The van der Waals surface area contributed by atoms with Gasteiger partial charge in [-0.25, -0.2) is 4.79 Å². The molecule has 0 saturated carbocycles. The van der Waals surface area contributed by atoms with Crippen molar-refractivity contribution in [3.8, 4) is 18.1 Å². The molecule has 3 N–H and O–H groups in total. The summed E-state index contributed by atoms with van der Waals surface area (Å²) in [6.45, 7) is 10.7. The number of terminal acetylenes is 1. The number of phenols is 1. The number of anilines is 1. The number of phenolic OH excluding ortho intramolecular Hbond substituents is 1. The van der Waals surface area contributed by atoms with Gasteiger partial charge in [-0.15, -0.1) is 6.42 Å². The van der Waals surface area contributed by atoms with E-state index < -0.39 is 41.1 Å². The topological polar surface area (TPSA) is 108 Å². The zero-order chi connectivity index (χ0) is 33.6. The van der Waals surface area contributed by atoms with Crippen molar-refractivity contribution in [3.05, 3.63) is 108 Å². The molecule has 46 heavy (non-hydrogen) atoms.